The van der Waals surface area contributed by atoms with E-state index in [-0.39, 0.29) is 12.0 Å². The molecule has 0 aromatic rings. The van der Waals surface area contributed by atoms with Gasteiger partial charge in [-0.1, -0.05) is 19.8 Å². The van der Waals surface area contributed by atoms with Gasteiger partial charge in [0.05, 0.1) is 19.2 Å². The van der Waals surface area contributed by atoms with Crippen LogP contribution in [0.4, 0.5) is 4.79 Å². The van der Waals surface area contributed by atoms with Gasteiger partial charge >= 0.3 is 6.16 Å². The van der Waals surface area contributed by atoms with E-state index in [0.717, 1.165) is 19.3 Å². The van der Waals surface area contributed by atoms with E-state index in [0.29, 0.717) is 26.0 Å². The summed E-state index contributed by atoms with van der Waals surface area (Å²) in [5, 5.41) is 2.63. The fourth-order valence-corrected chi connectivity index (χ4v) is 1.72. The molecule has 1 aliphatic rings. The van der Waals surface area contributed by atoms with Crippen molar-refractivity contribution >= 4 is 12.1 Å². The number of nitrogens with two attached hydrogens (primary N) is 1. The SMILES string of the molecule is CCCCCOC(=O)OC1CCC(N)C(=O)NC1. The molecule has 3 N–H and O–H groups in total. The molecule has 104 valence electrons. The van der Waals surface area contributed by atoms with Crippen LogP contribution in [0.3, 0.4) is 0 Å². The molecule has 1 rings (SSSR count). The second kappa shape index (κ2) is 7.92. The standard InChI is InChI=1S/C12H22N2O4/c1-2-3-4-7-17-12(16)18-9-5-6-10(13)11(15)14-8-9/h9-10H,2-8,13H2,1H3,(H,14,15). The Labute approximate surface area is 107 Å². The molecule has 0 aromatic heterocycles. The second-order valence-corrected chi connectivity index (χ2v) is 4.47. The van der Waals surface area contributed by atoms with Gasteiger partial charge in [-0.05, 0) is 19.3 Å². The predicted molar refractivity (Wildman–Crippen MR) is 66.0 cm³/mol. The molecule has 0 spiro atoms. The lowest BCUT2D eigenvalue weighted by atomic mass is 10.1. The maximum Gasteiger partial charge on any atom is 0.508 e. The van der Waals surface area contributed by atoms with Gasteiger partial charge in [-0.2, -0.15) is 0 Å². The molecule has 18 heavy (non-hydrogen) atoms. The minimum atomic E-state index is -0.666. The Balaban J connectivity index is 2.21. The molecular weight excluding hydrogens is 236 g/mol. The molecule has 0 radical (unpaired) electrons. The number of carbonyl (C=O) groups excluding carboxylic acids is 2. The molecule has 2 unspecified atom stereocenters. The van der Waals surface area contributed by atoms with Crippen LogP contribution in [-0.4, -0.2) is 37.4 Å². The summed E-state index contributed by atoms with van der Waals surface area (Å²) in [6.45, 7) is 2.76. The summed E-state index contributed by atoms with van der Waals surface area (Å²) in [5.74, 6) is -0.197. The molecule has 0 aliphatic carbocycles. The molecule has 1 aliphatic heterocycles. The van der Waals surface area contributed by atoms with Gasteiger partial charge in [-0.25, -0.2) is 4.79 Å². The number of hydrogen-bond donors (Lipinski definition) is 2. The first-order valence-corrected chi connectivity index (χ1v) is 6.50. The Bertz CT molecular complexity index is 283. The highest BCUT2D eigenvalue weighted by molar-refractivity contribution is 5.81. The van der Waals surface area contributed by atoms with Crippen LogP contribution in [-0.2, 0) is 14.3 Å². The molecule has 2 atom stereocenters. The Hall–Kier alpha value is -1.30. The third-order valence-corrected chi connectivity index (χ3v) is 2.87. The Morgan fingerprint density at radius 2 is 2.22 bits per heavy atom. The average Bonchev–Trinajstić information content (AvgIpc) is 2.50. The molecule has 0 aromatic carbocycles. The summed E-state index contributed by atoms with van der Waals surface area (Å²) in [6.07, 6.45) is 3.02. The van der Waals surface area contributed by atoms with Gasteiger partial charge in [-0.3, -0.25) is 4.79 Å². The number of amides is 1. The van der Waals surface area contributed by atoms with E-state index in [9.17, 15) is 9.59 Å². The van der Waals surface area contributed by atoms with E-state index < -0.39 is 12.2 Å². The normalized spacial score (nSPS) is 24.0. The average molecular weight is 258 g/mol. The highest BCUT2D eigenvalue weighted by Crippen LogP contribution is 2.09. The van der Waals surface area contributed by atoms with Crippen LogP contribution in [0, 0.1) is 0 Å². The van der Waals surface area contributed by atoms with Crippen molar-refractivity contribution in [1.29, 1.82) is 0 Å². The maximum atomic E-state index is 11.4. The summed E-state index contributed by atoms with van der Waals surface area (Å²) in [7, 11) is 0. The summed E-state index contributed by atoms with van der Waals surface area (Å²) in [5.41, 5.74) is 5.60. The molecule has 0 bridgehead atoms. The van der Waals surface area contributed by atoms with Crippen LogP contribution < -0.4 is 11.1 Å². The van der Waals surface area contributed by atoms with Crippen molar-refractivity contribution in [1.82, 2.24) is 5.32 Å². The van der Waals surface area contributed by atoms with Crippen LogP contribution in [0.25, 0.3) is 0 Å². The van der Waals surface area contributed by atoms with Crippen molar-refractivity contribution in [2.75, 3.05) is 13.2 Å². The number of nitrogens with one attached hydrogen (secondary N) is 1. The molecule has 0 saturated carbocycles. The minimum Gasteiger partial charge on any atom is -0.434 e. The van der Waals surface area contributed by atoms with E-state index in [1.807, 2.05) is 0 Å². The topological polar surface area (TPSA) is 90.7 Å². The van der Waals surface area contributed by atoms with Crippen LogP contribution >= 0.6 is 0 Å². The lowest BCUT2D eigenvalue weighted by Crippen LogP contribution is -2.39. The molecular formula is C12H22N2O4. The predicted octanol–water partition coefficient (Wildman–Crippen LogP) is 0.936. The molecule has 1 amide bonds. The van der Waals surface area contributed by atoms with Crippen molar-refractivity contribution < 1.29 is 19.1 Å². The summed E-state index contributed by atoms with van der Waals surface area (Å²) >= 11 is 0. The Morgan fingerprint density at radius 1 is 1.44 bits per heavy atom. The largest absolute Gasteiger partial charge is 0.508 e. The van der Waals surface area contributed by atoms with Crippen molar-refractivity contribution in [3.8, 4) is 0 Å². The minimum absolute atomic E-state index is 0.197. The molecule has 1 fully saturated rings. The van der Waals surface area contributed by atoms with E-state index in [1.165, 1.54) is 0 Å². The first-order chi connectivity index (χ1) is 8.63. The van der Waals surface area contributed by atoms with Gasteiger partial charge in [0.25, 0.3) is 0 Å². The fraction of sp³-hybridized carbons (Fsp3) is 0.833. The van der Waals surface area contributed by atoms with Crippen LogP contribution in [0.1, 0.15) is 39.0 Å². The lowest BCUT2D eigenvalue weighted by Gasteiger charge is -2.14. The van der Waals surface area contributed by atoms with Gasteiger partial charge in [0.2, 0.25) is 5.91 Å². The quantitative estimate of drug-likeness (QED) is 0.565. The summed E-state index contributed by atoms with van der Waals surface area (Å²) in [4.78, 5) is 22.6. The molecule has 1 heterocycles. The summed E-state index contributed by atoms with van der Waals surface area (Å²) in [6, 6.07) is -0.515. The van der Waals surface area contributed by atoms with E-state index in [4.69, 9.17) is 15.2 Å². The van der Waals surface area contributed by atoms with Crippen LogP contribution in [0.2, 0.25) is 0 Å². The van der Waals surface area contributed by atoms with Gasteiger partial charge in [0.1, 0.15) is 6.10 Å². The van der Waals surface area contributed by atoms with Crippen LogP contribution in [0.15, 0.2) is 0 Å². The number of ether oxygens (including phenoxy) is 2. The monoisotopic (exact) mass is 258 g/mol. The van der Waals surface area contributed by atoms with Crippen molar-refractivity contribution in [2.45, 2.75) is 51.2 Å². The first kappa shape index (κ1) is 14.8. The first-order valence-electron chi connectivity index (χ1n) is 6.50. The number of carbonyl (C=O) groups is 2. The maximum absolute atomic E-state index is 11.4. The zero-order valence-corrected chi connectivity index (χ0v) is 10.8. The van der Waals surface area contributed by atoms with Crippen molar-refractivity contribution in [2.24, 2.45) is 5.73 Å². The zero-order chi connectivity index (χ0) is 13.4. The molecule has 6 heteroatoms. The van der Waals surface area contributed by atoms with Gasteiger partial charge in [-0.15, -0.1) is 0 Å². The van der Waals surface area contributed by atoms with E-state index in [2.05, 4.69) is 12.2 Å². The fourth-order valence-electron chi connectivity index (χ4n) is 1.72. The van der Waals surface area contributed by atoms with Crippen LogP contribution in [0.5, 0.6) is 0 Å². The second-order valence-electron chi connectivity index (χ2n) is 4.47. The zero-order valence-electron chi connectivity index (χ0n) is 10.8. The number of hydrogen-bond acceptors (Lipinski definition) is 5. The molecule has 1 saturated heterocycles. The third-order valence-electron chi connectivity index (χ3n) is 2.87. The number of unbranched alkanes of at least 4 members (excludes halogenated alkanes) is 2. The van der Waals surface area contributed by atoms with Crippen molar-refractivity contribution in [3.63, 3.8) is 0 Å². The van der Waals surface area contributed by atoms with Gasteiger partial charge in [0.15, 0.2) is 0 Å². The lowest BCUT2D eigenvalue weighted by molar-refractivity contribution is -0.122. The highest BCUT2D eigenvalue weighted by Gasteiger charge is 2.24. The van der Waals surface area contributed by atoms with E-state index >= 15 is 0 Å². The molecule has 6 nitrogen and oxygen atoms in total. The number of rotatable bonds is 5. The third kappa shape index (κ3) is 5.35. The summed E-state index contributed by atoms with van der Waals surface area (Å²) < 4.78 is 10.1. The smallest absolute Gasteiger partial charge is 0.434 e. The van der Waals surface area contributed by atoms with Crippen molar-refractivity contribution in [3.05, 3.63) is 0 Å². The Morgan fingerprint density at radius 3 is 2.94 bits per heavy atom. The van der Waals surface area contributed by atoms with Gasteiger partial charge in [0, 0.05) is 0 Å². The van der Waals surface area contributed by atoms with Gasteiger partial charge < -0.3 is 20.5 Å². The van der Waals surface area contributed by atoms with E-state index in [1.54, 1.807) is 0 Å². The Kier molecular flexibility index (Phi) is 6.49. The highest BCUT2D eigenvalue weighted by atomic mass is 16.7.